The summed E-state index contributed by atoms with van der Waals surface area (Å²) in [4.78, 5) is 27.3. The van der Waals surface area contributed by atoms with Crippen LogP contribution in [0.2, 0.25) is 0 Å². The van der Waals surface area contributed by atoms with Crippen LogP contribution in [0.3, 0.4) is 0 Å². The first-order valence-electron chi connectivity index (χ1n) is 10.5. The minimum absolute atomic E-state index is 0.0113. The molecule has 1 saturated carbocycles. The Kier molecular flexibility index (Phi) is 7.08. The van der Waals surface area contributed by atoms with Gasteiger partial charge in [-0.25, -0.2) is 4.39 Å². The summed E-state index contributed by atoms with van der Waals surface area (Å²) in [6.45, 7) is 3.74. The predicted octanol–water partition coefficient (Wildman–Crippen LogP) is 5.41. The summed E-state index contributed by atoms with van der Waals surface area (Å²) in [6.07, 6.45) is 5.17. The number of methoxy groups -OCH3 is 1. The predicted molar refractivity (Wildman–Crippen MR) is 117 cm³/mol. The lowest BCUT2D eigenvalue weighted by Gasteiger charge is -2.27. The maximum atomic E-state index is 14.2. The topological polar surface area (TPSA) is 58.6 Å². The van der Waals surface area contributed by atoms with E-state index in [9.17, 15) is 14.0 Å². The van der Waals surface area contributed by atoms with Crippen molar-refractivity contribution in [2.24, 2.45) is 5.92 Å². The van der Waals surface area contributed by atoms with E-state index in [1.807, 2.05) is 13.8 Å². The summed E-state index contributed by atoms with van der Waals surface area (Å²) >= 11 is 0. The molecule has 30 heavy (non-hydrogen) atoms. The number of hydrogen-bond donors (Lipinski definition) is 1. The van der Waals surface area contributed by atoms with Gasteiger partial charge in [0.25, 0.3) is 5.91 Å². The molecule has 2 amide bonds. The largest absolute Gasteiger partial charge is 0.494 e. The van der Waals surface area contributed by atoms with Crippen LogP contribution in [-0.4, -0.2) is 25.0 Å². The van der Waals surface area contributed by atoms with E-state index in [2.05, 4.69) is 5.32 Å². The van der Waals surface area contributed by atoms with Gasteiger partial charge in [-0.1, -0.05) is 25.3 Å². The molecule has 1 fully saturated rings. The molecule has 0 atom stereocenters. The Balaban J connectivity index is 1.81. The van der Waals surface area contributed by atoms with E-state index in [1.165, 1.54) is 30.6 Å². The van der Waals surface area contributed by atoms with Crippen LogP contribution in [0.1, 0.15) is 56.3 Å². The van der Waals surface area contributed by atoms with Crippen molar-refractivity contribution in [3.63, 3.8) is 0 Å². The van der Waals surface area contributed by atoms with E-state index >= 15 is 0 Å². The van der Waals surface area contributed by atoms with Crippen LogP contribution in [0.5, 0.6) is 5.75 Å². The number of nitrogens with one attached hydrogen (secondary N) is 1. The Labute approximate surface area is 177 Å². The summed E-state index contributed by atoms with van der Waals surface area (Å²) in [6, 6.07) is 11.2. The lowest BCUT2D eigenvalue weighted by Crippen LogP contribution is -2.37. The third-order valence-corrected chi connectivity index (χ3v) is 5.50. The quantitative estimate of drug-likeness (QED) is 0.690. The molecule has 1 aliphatic rings. The maximum Gasteiger partial charge on any atom is 0.258 e. The molecule has 0 radical (unpaired) electrons. The minimum Gasteiger partial charge on any atom is -0.494 e. The standard InChI is InChI=1S/C24H29FN2O3/c1-16(2)27(20-12-13-22(30-3)21(25)15-20)24(29)18-10-7-11-19(14-18)26-23(28)17-8-5-4-6-9-17/h7,10-17H,4-6,8-9H2,1-3H3,(H,26,28). The number of rotatable bonds is 6. The van der Waals surface area contributed by atoms with E-state index in [0.717, 1.165) is 25.7 Å². The Morgan fingerprint density at radius 2 is 1.83 bits per heavy atom. The number of hydrogen-bond acceptors (Lipinski definition) is 3. The van der Waals surface area contributed by atoms with Gasteiger partial charge >= 0.3 is 0 Å². The second-order valence-electron chi connectivity index (χ2n) is 7.99. The number of carbonyl (C=O) groups is 2. The van der Waals surface area contributed by atoms with Crippen molar-refractivity contribution >= 4 is 23.2 Å². The lowest BCUT2D eigenvalue weighted by molar-refractivity contribution is -0.120. The Bertz CT molecular complexity index is 907. The number of halogens is 1. The smallest absolute Gasteiger partial charge is 0.258 e. The number of carbonyl (C=O) groups excluding carboxylic acids is 2. The van der Waals surface area contributed by atoms with Crippen molar-refractivity contribution in [3.05, 3.63) is 53.8 Å². The molecule has 2 aromatic rings. The van der Waals surface area contributed by atoms with Crippen molar-refractivity contribution in [2.75, 3.05) is 17.3 Å². The fourth-order valence-corrected chi connectivity index (χ4v) is 3.93. The third kappa shape index (κ3) is 4.99. The SMILES string of the molecule is COc1ccc(N(C(=O)c2cccc(NC(=O)C3CCCCC3)c2)C(C)C)cc1F. The third-order valence-electron chi connectivity index (χ3n) is 5.50. The molecule has 0 spiro atoms. The molecule has 0 aromatic heterocycles. The summed E-state index contributed by atoms with van der Waals surface area (Å²) in [5, 5.41) is 2.95. The van der Waals surface area contributed by atoms with Crippen LogP contribution < -0.4 is 15.0 Å². The van der Waals surface area contributed by atoms with E-state index in [-0.39, 0.29) is 29.5 Å². The molecule has 0 aliphatic heterocycles. The average Bonchev–Trinajstić information content (AvgIpc) is 2.74. The summed E-state index contributed by atoms with van der Waals surface area (Å²) in [7, 11) is 1.40. The fraction of sp³-hybridized carbons (Fsp3) is 0.417. The van der Waals surface area contributed by atoms with Crippen LogP contribution >= 0.6 is 0 Å². The van der Waals surface area contributed by atoms with Crippen molar-refractivity contribution in [3.8, 4) is 5.75 Å². The van der Waals surface area contributed by atoms with Crippen molar-refractivity contribution in [1.82, 2.24) is 0 Å². The number of ether oxygens (including phenoxy) is 1. The first-order chi connectivity index (χ1) is 14.4. The molecule has 1 N–H and O–H groups in total. The minimum atomic E-state index is -0.526. The molecule has 3 rings (SSSR count). The molecule has 5 nitrogen and oxygen atoms in total. The summed E-state index contributed by atoms with van der Waals surface area (Å²) < 4.78 is 19.2. The van der Waals surface area contributed by atoms with Gasteiger partial charge in [-0.05, 0) is 57.0 Å². The van der Waals surface area contributed by atoms with Crippen LogP contribution in [0.15, 0.2) is 42.5 Å². The Morgan fingerprint density at radius 1 is 1.10 bits per heavy atom. The molecule has 0 bridgehead atoms. The molecule has 2 aromatic carbocycles. The monoisotopic (exact) mass is 412 g/mol. The highest BCUT2D eigenvalue weighted by molar-refractivity contribution is 6.07. The number of anilines is 2. The van der Waals surface area contributed by atoms with Gasteiger partial charge in [-0.3, -0.25) is 9.59 Å². The van der Waals surface area contributed by atoms with E-state index in [0.29, 0.717) is 16.9 Å². The molecule has 0 saturated heterocycles. The van der Waals surface area contributed by atoms with Crippen molar-refractivity contribution in [1.29, 1.82) is 0 Å². The zero-order chi connectivity index (χ0) is 21.7. The zero-order valence-electron chi connectivity index (χ0n) is 17.8. The van der Waals surface area contributed by atoms with Gasteiger partial charge in [0.2, 0.25) is 5.91 Å². The molecule has 0 heterocycles. The van der Waals surface area contributed by atoms with E-state index < -0.39 is 5.82 Å². The number of benzene rings is 2. The first kappa shape index (κ1) is 21.8. The van der Waals surface area contributed by atoms with Crippen LogP contribution in [0.4, 0.5) is 15.8 Å². The zero-order valence-corrected chi connectivity index (χ0v) is 17.8. The number of amides is 2. The average molecular weight is 413 g/mol. The van der Waals surface area contributed by atoms with Crippen LogP contribution in [0.25, 0.3) is 0 Å². The lowest BCUT2D eigenvalue weighted by atomic mass is 9.88. The van der Waals surface area contributed by atoms with Gasteiger partial charge in [0, 0.05) is 35.0 Å². The fourth-order valence-electron chi connectivity index (χ4n) is 3.93. The van der Waals surface area contributed by atoms with E-state index in [1.54, 1.807) is 30.3 Å². The molecular formula is C24H29FN2O3. The highest BCUT2D eigenvalue weighted by atomic mass is 19.1. The van der Waals surface area contributed by atoms with Gasteiger partial charge in [-0.2, -0.15) is 0 Å². The summed E-state index contributed by atoms with van der Waals surface area (Å²) in [5.41, 5.74) is 1.48. The summed E-state index contributed by atoms with van der Waals surface area (Å²) in [5.74, 6) is -0.614. The molecule has 6 heteroatoms. The van der Waals surface area contributed by atoms with Gasteiger partial charge in [0.1, 0.15) is 0 Å². The molecular weight excluding hydrogens is 383 g/mol. The maximum absolute atomic E-state index is 14.2. The number of nitrogens with zero attached hydrogens (tertiary/aromatic N) is 1. The van der Waals surface area contributed by atoms with Crippen LogP contribution in [-0.2, 0) is 4.79 Å². The first-order valence-corrected chi connectivity index (χ1v) is 10.5. The molecule has 1 aliphatic carbocycles. The highest BCUT2D eigenvalue weighted by Crippen LogP contribution is 2.28. The Hall–Kier alpha value is -2.89. The van der Waals surface area contributed by atoms with Gasteiger partial charge in [0.15, 0.2) is 11.6 Å². The normalized spacial score (nSPS) is 14.4. The van der Waals surface area contributed by atoms with Crippen molar-refractivity contribution < 1.29 is 18.7 Å². The molecule has 0 unspecified atom stereocenters. The van der Waals surface area contributed by atoms with Crippen LogP contribution in [0, 0.1) is 11.7 Å². The second kappa shape index (κ2) is 9.74. The van der Waals surface area contributed by atoms with Gasteiger partial charge in [-0.15, -0.1) is 0 Å². The van der Waals surface area contributed by atoms with Crippen molar-refractivity contribution in [2.45, 2.75) is 52.0 Å². The van der Waals surface area contributed by atoms with E-state index in [4.69, 9.17) is 4.74 Å². The molecule has 160 valence electrons. The highest BCUT2D eigenvalue weighted by Gasteiger charge is 2.24. The van der Waals surface area contributed by atoms with Gasteiger partial charge in [0.05, 0.1) is 7.11 Å². The second-order valence-corrected chi connectivity index (χ2v) is 7.99. The Morgan fingerprint density at radius 3 is 2.47 bits per heavy atom. The van der Waals surface area contributed by atoms with Gasteiger partial charge < -0.3 is 15.0 Å².